The Morgan fingerprint density at radius 3 is 2.63 bits per heavy atom. The van der Waals surface area contributed by atoms with Crippen LogP contribution in [0, 0.1) is 0 Å². The van der Waals surface area contributed by atoms with Crippen molar-refractivity contribution in [2.24, 2.45) is 5.73 Å². The monoisotopic (exact) mass is 426 g/mol. The van der Waals surface area contributed by atoms with Crippen molar-refractivity contribution in [1.82, 2.24) is 4.98 Å². The van der Waals surface area contributed by atoms with Crippen LogP contribution in [0.15, 0.2) is 42.6 Å². The molecule has 3 aromatic rings. The molecular weight excluding hydrogens is 400 g/mol. The molecule has 1 aliphatic heterocycles. The van der Waals surface area contributed by atoms with Crippen molar-refractivity contribution in [2.45, 2.75) is 32.1 Å². The number of sulfone groups is 1. The third kappa shape index (κ3) is 4.07. The van der Waals surface area contributed by atoms with Gasteiger partial charge < -0.3 is 15.5 Å². The lowest BCUT2D eigenvalue weighted by molar-refractivity contribution is 0.100. The molecule has 1 saturated heterocycles. The van der Waals surface area contributed by atoms with Crippen molar-refractivity contribution in [1.29, 1.82) is 0 Å². The highest BCUT2D eigenvalue weighted by Crippen LogP contribution is 2.37. The van der Waals surface area contributed by atoms with Crippen LogP contribution in [0.3, 0.4) is 0 Å². The number of primary amides is 1. The first kappa shape index (κ1) is 20.5. The number of hydrogen-bond acceptors (Lipinski definition) is 4. The van der Waals surface area contributed by atoms with Crippen LogP contribution < -0.4 is 10.5 Å². The number of rotatable bonds is 6. The predicted octanol–water partition coefficient (Wildman–Crippen LogP) is 4.01. The van der Waals surface area contributed by atoms with E-state index in [1.165, 1.54) is 0 Å². The lowest BCUT2D eigenvalue weighted by Crippen LogP contribution is -2.22. The molecule has 0 spiro atoms. The molecule has 1 aliphatic rings. The second-order valence-corrected chi connectivity index (χ2v) is 10.2. The van der Waals surface area contributed by atoms with Gasteiger partial charge in [0, 0.05) is 11.6 Å². The van der Waals surface area contributed by atoms with Gasteiger partial charge >= 0.3 is 0 Å². The molecule has 0 aliphatic carbocycles. The first-order valence-electron chi connectivity index (χ1n) is 10.3. The summed E-state index contributed by atoms with van der Waals surface area (Å²) in [6.45, 7) is 2.70. The van der Waals surface area contributed by atoms with Gasteiger partial charge in [0.1, 0.15) is 15.6 Å². The molecular formula is C23H26N2O4S. The van der Waals surface area contributed by atoms with E-state index in [0.29, 0.717) is 30.5 Å². The van der Waals surface area contributed by atoms with E-state index < -0.39 is 15.7 Å². The zero-order valence-corrected chi connectivity index (χ0v) is 17.8. The van der Waals surface area contributed by atoms with Gasteiger partial charge in [-0.25, -0.2) is 8.42 Å². The van der Waals surface area contributed by atoms with Crippen molar-refractivity contribution in [3.05, 3.63) is 53.7 Å². The van der Waals surface area contributed by atoms with Crippen LogP contribution in [-0.4, -0.2) is 37.4 Å². The van der Waals surface area contributed by atoms with Crippen molar-refractivity contribution in [2.75, 3.05) is 18.1 Å². The van der Waals surface area contributed by atoms with Gasteiger partial charge in [-0.3, -0.25) is 4.79 Å². The summed E-state index contributed by atoms with van der Waals surface area (Å²) in [6.07, 6.45) is 3.99. The summed E-state index contributed by atoms with van der Waals surface area (Å²) in [5.74, 6) is 0.812. The molecule has 0 saturated carbocycles. The molecule has 1 amide bonds. The fourth-order valence-corrected chi connectivity index (χ4v) is 5.63. The summed E-state index contributed by atoms with van der Waals surface area (Å²) < 4.78 is 29.4. The van der Waals surface area contributed by atoms with Gasteiger partial charge in [0.2, 0.25) is 0 Å². The van der Waals surface area contributed by atoms with Crippen molar-refractivity contribution < 1.29 is 17.9 Å². The zero-order chi connectivity index (χ0) is 21.3. The Kier molecular flexibility index (Phi) is 5.56. The largest absolute Gasteiger partial charge is 0.494 e. The molecule has 4 rings (SSSR count). The molecule has 6 nitrogen and oxygen atoms in total. The molecule has 3 N–H and O–H groups in total. The molecule has 0 atom stereocenters. The summed E-state index contributed by atoms with van der Waals surface area (Å²) in [6, 6.07) is 11.6. The lowest BCUT2D eigenvalue weighted by atomic mass is 9.91. The average molecular weight is 427 g/mol. The third-order valence-electron chi connectivity index (χ3n) is 5.72. The van der Waals surface area contributed by atoms with Gasteiger partial charge in [-0.1, -0.05) is 19.1 Å². The fraction of sp³-hybridized carbons (Fsp3) is 0.348. The normalized spacial score (nSPS) is 16.6. The number of carbonyl (C=O) groups is 1. The molecule has 158 valence electrons. The highest BCUT2D eigenvalue weighted by molar-refractivity contribution is 7.91. The van der Waals surface area contributed by atoms with Crippen molar-refractivity contribution in [3.63, 3.8) is 0 Å². The van der Waals surface area contributed by atoms with Crippen molar-refractivity contribution >= 4 is 26.6 Å². The number of aromatic nitrogens is 1. The van der Waals surface area contributed by atoms with E-state index in [1.54, 1.807) is 6.07 Å². The van der Waals surface area contributed by atoms with Gasteiger partial charge in [-0.15, -0.1) is 0 Å². The van der Waals surface area contributed by atoms with Gasteiger partial charge in [0.15, 0.2) is 0 Å². The number of amides is 1. The van der Waals surface area contributed by atoms with E-state index in [-0.39, 0.29) is 17.4 Å². The number of ether oxygens (including phenoxy) is 1. The van der Waals surface area contributed by atoms with Crippen LogP contribution in [0.2, 0.25) is 0 Å². The van der Waals surface area contributed by atoms with E-state index in [9.17, 15) is 13.2 Å². The number of nitrogens with one attached hydrogen (secondary N) is 1. The smallest absolute Gasteiger partial charge is 0.250 e. The number of fused-ring (bicyclic) bond motifs is 1. The van der Waals surface area contributed by atoms with Crippen LogP contribution in [0.5, 0.6) is 5.75 Å². The van der Waals surface area contributed by atoms with Gasteiger partial charge in [0.05, 0.1) is 29.2 Å². The minimum atomic E-state index is -2.94. The maximum absolute atomic E-state index is 12.2. The number of benzene rings is 2. The molecule has 7 heteroatoms. The van der Waals surface area contributed by atoms with Gasteiger partial charge in [-0.05, 0) is 66.1 Å². The molecule has 1 fully saturated rings. The van der Waals surface area contributed by atoms with E-state index in [0.717, 1.165) is 34.2 Å². The Labute approximate surface area is 176 Å². The van der Waals surface area contributed by atoms with Crippen LogP contribution in [0.25, 0.3) is 22.0 Å². The highest BCUT2D eigenvalue weighted by atomic mass is 32.2. The van der Waals surface area contributed by atoms with Gasteiger partial charge in [-0.2, -0.15) is 0 Å². The Balaban J connectivity index is 1.79. The summed E-state index contributed by atoms with van der Waals surface area (Å²) in [5, 5.41) is 0.922. The molecule has 2 heterocycles. The molecule has 0 unspecified atom stereocenters. The van der Waals surface area contributed by atoms with Gasteiger partial charge in [0.25, 0.3) is 5.91 Å². The minimum Gasteiger partial charge on any atom is -0.494 e. The first-order chi connectivity index (χ1) is 14.4. The highest BCUT2D eigenvalue weighted by Gasteiger charge is 2.27. The summed E-state index contributed by atoms with van der Waals surface area (Å²) >= 11 is 0. The minimum absolute atomic E-state index is 0.137. The SMILES string of the molecule is CCCOc1cccc(-c2cc(C(N)=O)c3[nH]cc(C4CCS(=O)(=O)CC4)c3c2)c1. The lowest BCUT2D eigenvalue weighted by Gasteiger charge is -2.21. The van der Waals surface area contributed by atoms with Crippen LogP contribution >= 0.6 is 0 Å². The summed E-state index contributed by atoms with van der Waals surface area (Å²) in [5.41, 5.74) is 9.67. The molecule has 2 aromatic carbocycles. The summed E-state index contributed by atoms with van der Waals surface area (Å²) in [7, 11) is -2.94. The Bertz CT molecular complexity index is 1180. The Morgan fingerprint density at radius 2 is 1.93 bits per heavy atom. The number of H-pyrrole nitrogens is 1. The summed E-state index contributed by atoms with van der Waals surface area (Å²) in [4.78, 5) is 15.4. The first-order valence-corrected chi connectivity index (χ1v) is 12.1. The third-order valence-corrected chi connectivity index (χ3v) is 7.44. The van der Waals surface area contributed by atoms with Crippen LogP contribution in [0.4, 0.5) is 0 Å². The van der Waals surface area contributed by atoms with E-state index >= 15 is 0 Å². The fourth-order valence-electron chi connectivity index (χ4n) is 4.14. The van der Waals surface area contributed by atoms with E-state index in [2.05, 4.69) is 18.0 Å². The zero-order valence-electron chi connectivity index (χ0n) is 17.0. The Morgan fingerprint density at radius 1 is 1.17 bits per heavy atom. The number of nitrogens with two attached hydrogens (primary N) is 1. The number of hydrogen-bond donors (Lipinski definition) is 2. The van der Waals surface area contributed by atoms with Crippen LogP contribution in [-0.2, 0) is 9.84 Å². The van der Waals surface area contributed by atoms with Crippen LogP contribution in [0.1, 0.15) is 48.0 Å². The quantitative estimate of drug-likeness (QED) is 0.621. The number of carbonyl (C=O) groups excluding carboxylic acids is 1. The molecule has 1 aromatic heterocycles. The topological polar surface area (TPSA) is 102 Å². The molecule has 0 bridgehead atoms. The van der Waals surface area contributed by atoms with E-state index in [1.807, 2.05) is 30.5 Å². The Hall–Kier alpha value is -2.80. The maximum atomic E-state index is 12.2. The predicted molar refractivity (Wildman–Crippen MR) is 119 cm³/mol. The average Bonchev–Trinajstić information content (AvgIpc) is 3.15. The standard InChI is InChI=1S/C23H26N2O4S/c1-2-8-29-18-5-3-4-16(11-18)17-12-19-21(15-6-9-30(27,28)10-7-15)14-25-22(19)20(13-17)23(24)26/h3-5,11-15,25H,2,6-10H2,1H3,(H2,24,26). The second kappa shape index (κ2) is 8.14. The second-order valence-electron chi connectivity index (χ2n) is 7.86. The molecule has 30 heavy (non-hydrogen) atoms. The van der Waals surface area contributed by atoms with Crippen molar-refractivity contribution in [3.8, 4) is 16.9 Å². The number of aromatic amines is 1. The van der Waals surface area contributed by atoms with E-state index in [4.69, 9.17) is 10.5 Å². The molecule has 0 radical (unpaired) electrons. The maximum Gasteiger partial charge on any atom is 0.250 e.